The van der Waals surface area contributed by atoms with Gasteiger partial charge in [-0.3, -0.25) is 9.80 Å². The van der Waals surface area contributed by atoms with E-state index in [9.17, 15) is 0 Å². The van der Waals surface area contributed by atoms with E-state index in [0.717, 1.165) is 50.9 Å². The average Bonchev–Trinajstić information content (AvgIpc) is 3.09. The number of fused-ring (bicyclic) bond motifs is 1. The highest BCUT2D eigenvalue weighted by Gasteiger charge is 2.20. The second-order valence-electron chi connectivity index (χ2n) is 11.0. The Morgan fingerprint density at radius 1 is 0.750 bits per heavy atom. The van der Waals surface area contributed by atoms with E-state index >= 15 is 0 Å². The Morgan fingerprint density at radius 3 is 2.11 bits per heavy atom. The van der Waals surface area contributed by atoms with E-state index in [0.29, 0.717) is 0 Å². The number of rotatable bonds is 8. The lowest BCUT2D eigenvalue weighted by Gasteiger charge is -2.32. The number of aryl methyl sites for hydroxylation is 3. The highest BCUT2D eigenvalue weighted by molar-refractivity contribution is 5.37. The fourth-order valence-electron chi connectivity index (χ4n) is 5.86. The van der Waals surface area contributed by atoms with Gasteiger partial charge in [-0.2, -0.15) is 0 Å². The van der Waals surface area contributed by atoms with Crippen LogP contribution in [-0.4, -0.2) is 36.0 Å². The molecule has 190 valence electrons. The summed E-state index contributed by atoms with van der Waals surface area (Å²) < 4.78 is 6.26. The van der Waals surface area contributed by atoms with E-state index in [1.165, 1.54) is 72.2 Å². The highest BCUT2D eigenvalue weighted by Crippen LogP contribution is 2.27. The zero-order valence-corrected chi connectivity index (χ0v) is 22.2. The Labute approximate surface area is 218 Å². The van der Waals surface area contributed by atoms with Gasteiger partial charge in [-0.1, -0.05) is 54.6 Å². The predicted octanol–water partition coefficient (Wildman–Crippen LogP) is 6.93. The first-order valence-corrected chi connectivity index (χ1v) is 13.9. The van der Waals surface area contributed by atoms with Gasteiger partial charge in [-0.15, -0.1) is 0 Å². The molecule has 0 atom stereocenters. The van der Waals surface area contributed by atoms with E-state index in [4.69, 9.17) is 4.74 Å². The quantitative estimate of drug-likeness (QED) is 0.346. The van der Waals surface area contributed by atoms with Crippen LogP contribution < -0.4 is 4.74 Å². The normalized spacial score (nSPS) is 17.5. The van der Waals surface area contributed by atoms with Crippen molar-refractivity contribution in [3.05, 3.63) is 100 Å². The summed E-state index contributed by atoms with van der Waals surface area (Å²) in [5.41, 5.74) is 8.66. The minimum Gasteiger partial charge on any atom is -0.494 e. The molecule has 0 spiro atoms. The maximum absolute atomic E-state index is 6.26. The molecular weight excluding hydrogens is 440 g/mol. The van der Waals surface area contributed by atoms with Gasteiger partial charge < -0.3 is 4.74 Å². The number of likely N-dealkylation sites (tertiary alicyclic amines) is 1. The first-order chi connectivity index (χ1) is 17.6. The molecule has 0 saturated carbocycles. The summed E-state index contributed by atoms with van der Waals surface area (Å²) in [5.74, 6) is 1.84. The second kappa shape index (κ2) is 12.1. The Kier molecular flexibility index (Phi) is 8.40. The minimum absolute atomic E-state index is 0.786. The molecule has 0 aliphatic carbocycles. The molecule has 0 N–H and O–H groups in total. The van der Waals surface area contributed by atoms with Crippen LogP contribution in [0.1, 0.15) is 59.1 Å². The first kappa shape index (κ1) is 25.0. The summed E-state index contributed by atoms with van der Waals surface area (Å²) in [7, 11) is 0. The molecule has 3 aromatic carbocycles. The Bertz CT molecular complexity index is 1130. The van der Waals surface area contributed by atoms with Gasteiger partial charge in [0.15, 0.2) is 0 Å². The molecule has 3 heteroatoms. The topological polar surface area (TPSA) is 15.7 Å². The monoisotopic (exact) mass is 482 g/mol. The van der Waals surface area contributed by atoms with E-state index in [1.54, 1.807) is 0 Å². The fraction of sp³-hybridized carbons (Fsp3) is 0.455. The van der Waals surface area contributed by atoms with Gasteiger partial charge in [-0.25, -0.2) is 0 Å². The molecule has 1 saturated heterocycles. The van der Waals surface area contributed by atoms with Crippen molar-refractivity contribution in [2.75, 3.05) is 26.2 Å². The molecule has 0 aromatic heterocycles. The number of ether oxygens (including phenoxy) is 1. The largest absolute Gasteiger partial charge is 0.494 e. The second-order valence-corrected chi connectivity index (χ2v) is 11.0. The zero-order valence-electron chi connectivity index (χ0n) is 22.2. The Balaban J connectivity index is 1.07. The van der Waals surface area contributed by atoms with Gasteiger partial charge in [0.1, 0.15) is 5.75 Å². The van der Waals surface area contributed by atoms with Crippen molar-refractivity contribution >= 4 is 0 Å². The first-order valence-electron chi connectivity index (χ1n) is 13.9. The standard InChI is InChI=1S/C33H42N2O/c1-26-8-3-5-10-30(26)23-34-19-15-28(16-20-34)17-21-36-33-14-13-32-25-35(18-7-12-29(32)22-33)24-31-11-6-4-9-27(31)2/h3-6,8-11,13-14,22,28H,7,12,15-21,23-25H2,1-2H3. The average molecular weight is 483 g/mol. The van der Waals surface area contributed by atoms with Gasteiger partial charge in [0.05, 0.1) is 6.61 Å². The van der Waals surface area contributed by atoms with Crippen LogP contribution >= 0.6 is 0 Å². The van der Waals surface area contributed by atoms with Gasteiger partial charge in [-0.05, 0) is 117 Å². The number of hydrogen-bond acceptors (Lipinski definition) is 3. The molecule has 2 aliphatic heterocycles. The van der Waals surface area contributed by atoms with Gasteiger partial charge in [0.25, 0.3) is 0 Å². The summed E-state index contributed by atoms with van der Waals surface area (Å²) >= 11 is 0. The predicted molar refractivity (Wildman–Crippen MR) is 149 cm³/mol. The van der Waals surface area contributed by atoms with E-state index in [2.05, 4.69) is 90.4 Å². The maximum Gasteiger partial charge on any atom is 0.119 e. The fourth-order valence-corrected chi connectivity index (χ4v) is 5.86. The van der Waals surface area contributed by atoms with Crippen molar-refractivity contribution in [2.24, 2.45) is 5.92 Å². The molecule has 2 heterocycles. The van der Waals surface area contributed by atoms with E-state index in [1.807, 2.05) is 0 Å². The van der Waals surface area contributed by atoms with Gasteiger partial charge >= 0.3 is 0 Å². The molecule has 0 radical (unpaired) electrons. The number of hydrogen-bond donors (Lipinski definition) is 0. The molecule has 1 fully saturated rings. The van der Waals surface area contributed by atoms with Crippen LogP contribution in [0.3, 0.4) is 0 Å². The molecule has 36 heavy (non-hydrogen) atoms. The molecule has 5 rings (SSSR count). The summed E-state index contributed by atoms with van der Waals surface area (Å²) in [4.78, 5) is 5.22. The maximum atomic E-state index is 6.26. The van der Waals surface area contributed by atoms with Gasteiger partial charge in [0.2, 0.25) is 0 Å². The summed E-state index contributed by atoms with van der Waals surface area (Å²) in [5, 5.41) is 0. The van der Waals surface area contributed by atoms with Gasteiger partial charge in [0, 0.05) is 19.6 Å². The smallest absolute Gasteiger partial charge is 0.119 e. The lowest BCUT2D eigenvalue weighted by molar-refractivity contribution is 0.157. The Morgan fingerprint density at radius 2 is 1.42 bits per heavy atom. The van der Waals surface area contributed by atoms with Crippen LogP contribution in [0.2, 0.25) is 0 Å². The molecule has 2 aliphatic rings. The molecule has 0 bridgehead atoms. The van der Waals surface area contributed by atoms with Crippen molar-refractivity contribution in [1.29, 1.82) is 0 Å². The number of nitrogens with zero attached hydrogens (tertiary/aromatic N) is 2. The van der Waals surface area contributed by atoms with Crippen molar-refractivity contribution in [3.8, 4) is 5.75 Å². The third-order valence-electron chi connectivity index (χ3n) is 8.30. The third-order valence-corrected chi connectivity index (χ3v) is 8.30. The molecule has 3 aromatic rings. The SMILES string of the molecule is Cc1ccccc1CN1CCC(CCOc2ccc3c(c2)CCCN(Cc2ccccc2C)C3)CC1. The van der Waals surface area contributed by atoms with Crippen molar-refractivity contribution in [3.63, 3.8) is 0 Å². The van der Waals surface area contributed by atoms with Crippen molar-refractivity contribution in [2.45, 2.75) is 65.6 Å². The highest BCUT2D eigenvalue weighted by atomic mass is 16.5. The van der Waals surface area contributed by atoms with Crippen LogP contribution in [0.15, 0.2) is 66.7 Å². The summed E-state index contributed by atoms with van der Waals surface area (Å²) in [6, 6.07) is 24.4. The minimum atomic E-state index is 0.786. The Hall–Kier alpha value is -2.62. The van der Waals surface area contributed by atoms with Crippen LogP contribution in [0.5, 0.6) is 5.75 Å². The zero-order chi connectivity index (χ0) is 24.7. The summed E-state index contributed by atoms with van der Waals surface area (Å²) in [6.07, 6.45) is 6.10. The van der Waals surface area contributed by atoms with Crippen LogP contribution in [0.4, 0.5) is 0 Å². The van der Waals surface area contributed by atoms with E-state index < -0.39 is 0 Å². The van der Waals surface area contributed by atoms with Crippen LogP contribution in [0.25, 0.3) is 0 Å². The molecule has 0 amide bonds. The van der Waals surface area contributed by atoms with Crippen LogP contribution in [-0.2, 0) is 26.1 Å². The molecule has 0 unspecified atom stereocenters. The third kappa shape index (κ3) is 6.57. The lowest BCUT2D eigenvalue weighted by atomic mass is 9.93. The van der Waals surface area contributed by atoms with Crippen LogP contribution in [0, 0.1) is 19.8 Å². The van der Waals surface area contributed by atoms with Crippen molar-refractivity contribution < 1.29 is 4.74 Å². The molecule has 3 nitrogen and oxygen atoms in total. The summed E-state index contributed by atoms with van der Waals surface area (Å²) in [6.45, 7) is 12.0. The lowest BCUT2D eigenvalue weighted by Crippen LogP contribution is -2.33. The molecular formula is C33H42N2O. The number of benzene rings is 3. The van der Waals surface area contributed by atoms with Crippen molar-refractivity contribution in [1.82, 2.24) is 9.80 Å². The number of piperidine rings is 1. The van der Waals surface area contributed by atoms with E-state index in [-0.39, 0.29) is 0 Å².